The van der Waals surface area contributed by atoms with Crippen LogP contribution in [-0.4, -0.2) is 67.9 Å². The molecular formula is C33H41Cl2N5O4. The highest BCUT2D eigenvalue weighted by Crippen LogP contribution is 2.39. The standard InChI is InChI=1S/C33H39N5O4.2ClH/c1-33(2)31(40)36(3)28-11-10-26(21-29(28)37(4)32(33)41)42-19-7-15-34-22-23-12-16-35-25(20-23)14-18-38-17-13-24-8-5-6-9-27(24)30(38)39;;/h5-6,8-12,16,20-21,34H,7,13-15,17-19,22H2,1-4H3;2*1H. The van der Waals surface area contributed by atoms with Crippen LogP contribution >= 0.6 is 24.8 Å². The van der Waals surface area contributed by atoms with Gasteiger partial charge in [0.25, 0.3) is 5.91 Å². The number of benzene rings is 2. The van der Waals surface area contributed by atoms with Crippen molar-refractivity contribution in [3.63, 3.8) is 0 Å². The van der Waals surface area contributed by atoms with Gasteiger partial charge < -0.3 is 24.8 Å². The maximum Gasteiger partial charge on any atom is 0.254 e. The Morgan fingerprint density at radius 1 is 0.932 bits per heavy atom. The van der Waals surface area contributed by atoms with E-state index in [1.165, 1.54) is 4.90 Å². The molecule has 11 heteroatoms. The van der Waals surface area contributed by atoms with E-state index in [2.05, 4.69) is 16.4 Å². The van der Waals surface area contributed by atoms with Crippen molar-refractivity contribution in [2.24, 2.45) is 5.41 Å². The molecule has 9 nitrogen and oxygen atoms in total. The Bertz CT molecular complexity index is 1500. The van der Waals surface area contributed by atoms with Crippen LogP contribution in [0.5, 0.6) is 5.75 Å². The van der Waals surface area contributed by atoms with E-state index in [0.717, 1.165) is 54.7 Å². The lowest BCUT2D eigenvalue weighted by molar-refractivity contribution is -0.137. The zero-order valence-electron chi connectivity index (χ0n) is 25.7. The van der Waals surface area contributed by atoms with Crippen molar-refractivity contribution in [3.8, 4) is 5.75 Å². The lowest BCUT2D eigenvalue weighted by Crippen LogP contribution is -2.46. The molecule has 5 rings (SSSR count). The Balaban J connectivity index is 0.00000264. The van der Waals surface area contributed by atoms with Crippen LogP contribution in [0.15, 0.2) is 60.8 Å². The Hall–Kier alpha value is -3.66. The van der Waals surface area contributed by atoms with Gasteiger partial charge in [0, 0.05) is 63.7 Å². The van der Waals surface area contributed by atoms with Crippen LogP contribution in [0.4, 0.5) is 11.4 Å². The number of nitrogens with one attached hydrogen (secondary N) is 1. The molecule has 1 N–H and O–H groups in total. The van der Waals surface area contributed by atoms with Crippen molar-refractivity contribution in [3.05, 3.63) is 83.2 Å². The highest BCUT2D eigenvalue weighted by molar-refractivity contribution is 6.19. The molecule has 236 valence electrons. The van der Waals surface area contributed by atoms with Crippen LogP contribution in [0.3, 0.4) is 0 Å². The number of carbonyl (C=O) groups is 3. The van der Waals surface area contributed by atoms with Gasteiger partial charge in [-0.2, -0.15) is 0 Å². The summed E-state index contributed by atoms with van der Waals surface area (Å²) >= 11 is 0. The van der Waals surface area contributed by atoms with Crippen molar-refractivity contribution in [1.29, 1.82) is 0 Å². The summed E-state index contributed by atoms with van der Waals surface area (Å²) in [6.07, 6.45) is 4.24. The molecule has 0 atom stereocenters. The number of hydrogen-bond acceptors (Lipinski definition) is 6. The molecule has 0 saturated heterocycles. The molecule has 2 aliphatic rings. The molecule has 2 aliphatic heterocycles. The summed E-state index contributed by atoms with van der Waals surface area (Å²) in [5, 5.41) is 3.46. The number of amides is 3. The van der Waals surface area contributed by atoms with Crippen molar-refractivity contribution in [2.75, 3.05) is 50.1 Å². The fraction of sp³-hybridized carbons (Fsp3) is 0.394. The molecule has 44 heavy (non-hydrogen) atoms. The van der Waals surface area contributed by atoms with Gasteiger partial charge in [-0.25, -0.2) is 0 Å². The minimum Gasteiger partial charge on any atom is -0.493 e. The third-order valence-electron chi connectivity index (χ3n) is 8.15. The third-order valence-corrected chi connectivity index (χ3v) is 8.15. The fourth-order valence-electron chi connectivity index (χ4n) is 5.63. The highest BCUT2D eigenvalue weighted by atomic mass is 35.5. The second-order valence-corrected chi connectivity index (χ2v) is 11.5. The lowest BCUT2D eigenvalue weighted by atomic mass is 9.90. The van der Waals surface area contributed by atoms with Crippen molar-refractivity contribution in [2.45, 2.75) is 39.7 Å². The van der Waals surface area contributed by atoms with E-state index in [-0.39, 0.29) is 42.5 Å². The molecule has 0 aliphatic carbocycles. The predicted molar refractivity (Wildman–Crippen MR) is 177 cm³/mol. The summed E-state index contributed by atoms with van der Waals surface area (Å²) < 4.78 is 5.98. The molecule has 0 unspecified atom stereocenters. The second kappa shape index (κ2) is 14.9. The molecule has 0 fully saturated rings. The van der Waals surface area contributed by atoms with Gasteiger partial charge in [0.15, 0.2) is 0 Å². The van der Waals surface area contributed by atoms with Crippen molar-refractivity contribution < 1.29 is 19.1 Å². The first-order valence-corrected chi connectivity index (χ1v) is 14.5. The first kappa shape index (κ1) is 34.8. The number of aromatic nitrogens is 1. The Morgan fingerprint density at radius 3 is 2.43 bits per heavy atom. The summed E-state index contributed by atoms with van der Waals surface area (Å²) in [5.74, 6) is 0.282. The van der Waals surface area contributed by atoms with Crippen LogP contribution in [-0.2, 0) is 29.0 Å². The Labute approximate surface area is 271 Å². The van der Waals surface area contributed by atoms with Gasteiger partial charge >= 0.3 is 0 Å². The summed E-state index contributed by atoms with van der Waals surface area (Å²) in [4.78, 5) is 48.1. The van der Waals surface area contributed by atoms with E-state index < -0.39 is 5.41 Å². The third kappa shape index (κ3) is 7.34. The van der Waals surface area contributed by atoms with Crippen LogP contribution in [0.25, 0.3) is 0 Å². The first-order valence-electron chi connectivity index (χ1n) is 14.5. The fourth-order valence-corrected chi connectivity index (χ4v) is 5.63. The van der Waals surface area contributed by atoms with Gasteiger partial charge in [-0.15, -0.1) is 24.8 Å². The highest BCUT2D eigenvalue weighted by Gasteiger charge is 2.44. The zero-order valence-corrected chi connectivity index (χ0v) is 27.3. The van der Waals surface area contributed by atoms with Crippen LogP contribution in [0, 0.1) is 5.41 Å². The largest absolute Gasteiger partial charge is 0.493 e. The second-order valence-electron chi connectivity index (χ2n) is 11.5. The van der Waals surface area contributed by atoms with Crippen LogP contribution in [0.1, 0.15) is 47.4 Å². The van der Waals surface area contributed by atoms with Crippen LogP contribution in [0.2, 0.25) is 0 Å². The number of rotatable bonds is 10. The summed E-state index contributed by atoms with van der Waals surface area (Å²) in [7, 11) is 3.39. The van der Waals surface area contributed by atoms with Gasteiger partial charge in [-0.3, -0.25) is 19.4 Å². The molecular weight excluding hydrogens is 601 g/mol. The molecule has 0 bridgehead atoms. The summed E-state index contributed by atoms with van der Waals surface area (Å²) in [6, 6.07) is 17.4. The van der Waals surface area contributed by atoms with Crippen LogP contribution < -0.4 is 19.9 Å². The Kier molecular flexibility index (Phi) is 11.8. The lowest BCUT2D eigenvalue weighted by Gasteiger charge is -2.28. The maximum absolute atomic E-state index is 12.9. The summed E-state index contributed by atoms with van der Waals surface area (Å²) in [6.45, 7) is 6.72. The molecule has 3 amide bonds. The topological polar surface area (TPSA) is 95.1 Å². The number of nitrogens with zero attached hydrogens (tertiary/aromatic N) is 4. The normalized spacial score (nSPS) is 15.5. The first-order chi connectivity index (χ1) is 20.2. The zero-order chi connectivity index (χ0) is 29.9. The van der Waals surface area contributed by atoms with Gasteiger partial charge in [-0.1, -0.05) is 18.2 Å². The number of carbonyl (C=O) groups excluding carboxylic acids is 3. The molecule has 3 heterocycles. The van der Waals surface area contributed by atoms with E-state index in [1.54, 1.807) is 32.8 Å². The average molecular weight is 643 g/mol. The Morgan fingerprint density at radius 2 is 1.66 bits per heavy atom. The molecule has 0 radical (unpaired) electrons. The van der Waals surface area contributed by atoms with Gasteiger partial charge in [0.05, 0.1) is 18.0 Å². The molecule has 0 spiro atoms. The minimum atomic E-state index is -1.13. The van der Waals surface area contributed by atoms with Crippen molar-refractivity contribution >= 4 is 53.9 Å². The molecule has 2 aromatic carbocycles. The molecule has 3 aromatic rings. The van der Waals surface area contributed by atoms with Crippen molar-refractivity contribution in [1.82, 2.24) is 15.2 Å². The maximum atomic E-state index is 12.9. The van der Waals surface area contributed by atoms with E-state index in [1.807, 2.05) is 59.6 Å². The molecule has 1 aromatic heterocycles. The number of halogens is 2. The van der Waals surface area contributed by atoms with Gasteiger partial charge in [0.1, 0.15) is 11.2 Å². The van der Waals surface area contributed by atoms with E-state index >= 15 is 0 Å². The predicted octanol–water partition coefficient (Wildman–Crippen LogP) is 4.69. The minimum absolute atomic E-state index is 0. The smallest absolute Gasteiger partial charge is 0.254 e. The number of hydrogen-bond donors (Lipinski definition) is 1. The van der Waals surface area contributed by atoms with E-state index in [4.69, 9.17) is 4.74 Å². The summed E-state index contributed by atoms with van der Waals surface area (Å²) in [5.41, 5.74) is 4.27. The molecule has 0 saturated carbocycles. The number of ether oxygens (including phenoxy) is 1. The quantitative estimate of drug-likeness (QED) is 0.255. The average Bonchev–Trinajstić information content (AvgIpc) is 3.04. The van der Waals surface area contributed by atoms with Gasteiger partial charge in [-0.05, 0) is 74.7 Å². The monoisotopic (exact) mass is 641 g/mol. The number of pyridine rings is 1. The number of anilines is 2. The number of fused-ring (bicyclic) bond motifs is 2. The van der Waals surface area contributed by atoms with Gasteiger partial charge in [0.2, 0.25) is 11.8 Å². The SMILES string of the molecule is CN1C(=O)C(C)(C)C(=O)N(C)c2cc(OCCCNCc3ccnc(CCN4CCc5ccccc5C4=O)c3)ccc21.Cl.Cl. The van der Waals surface area contributed by atoms with E-state index in [9.17, 15) is 14.4 Å². The van der Waals surface area contributed by atoms with E-state index in [0.29, 0.717) is 36.8 Å².